The number of carboxylic acid groups (broad SMARTS) is 1. The van der Waals surface area contributed by atoms with Gasteiger partial charge in [-0.05, 0) is 206 Å². The molecule has 4 aromatic carbocycles. The molecule has 0 aliphatic carbocycles. The Morgan fingerprint density at radius 2 is 0.900 bits per heavy atom. The number of piperazine rings is 2. The second kappa shape index (κ2) is 58.1. The number of ether oxygens (including phenoxy) is 2. The van der Waals surface area contributed by atoms with E-state index in [1.807, 2.05) is 101 Å². The van der Waals surface area contributed by atoms with Crippen LogP contribution in [0.2, 0.25) is 0 Å². The predicted molar refractivity (Wildman–Crippen MR) is 549 cm³/mol. The van der Waals surface area contributed by atoms with E-state index in [4.69, 9.17) is 31.3 Å². The summed E-state index contributed by atoms with van der Waals surface area (Å²) in [5, 5.41) is 26.3. The first-order chi connectivity index (χ1) is 67.7. The van der Waals surface area contributed by atoms with Gasteiger partial charge in [0.05, 0.1) is 23.1 Å². The molecule has 140 heavy (non-hydrogen) atoms. The zero-order valence-electron chi connectivity index (χ0n) is 84.4. The first-order valence-corrected chi connectivity index (χ1v) is 53.3. The molecule has 4 aromatic heterocycles. The van der Waals surface area contributed by atoms with E-state index in [2.05, 4.69) is 103 Å². The van der Waals surface area contributed by atoms with Crippen molar-refractivity contribution < 1.29 is 61.3 Å². The molecule has 0 spiro atoms. The topological polar surface area (TPSA) is 308 Å². The molecule has 0 unspecified atom stereocenters. The smallest absolute Gasteiger partial charge is 0.475 e. The van der Waals surface area contributed by atoms with Crippen molar-refractivity contribution in [3.05, 3.63) is 151 Å². The molecule has 5 N–H and O–H groups in total. The summed E-state index contributed by atoms with van der Waals surface area (Å²) < 4.78 is 43.7. The Labute approximate surface area is 831 Å². The van der Waals surface area contributed by atoms with Crippen molar-refractivity contribution in [2.24, 2.45) is 5.92 Å². The molecule has 27 nitrogen and oxygen atoms in total. The Morgan fingerprint density at radius 3 is 1.36 bits per heavy atom. The zero-order valence-corrected chi connectivity index (χ0v) is 85.1. The van der Waals surface area contributed by atoms with Crippen molar-refractivity contribution in [3.8, 4) is 0 Å². The Morgan fingerprint density at radius 1 is 0.486 bits per heavy atom. The van der Waals surface area contributed by atoms with Gasteiger partial charge in [-0.3, -0.25) is 48.5 Å². The number of carbonyl (C=O) groups is 7. The molecule has 14 rings (SSSR count). The number of benzene rings is 4. The van der Waals surface area contributed by atoms with Crippen LogP contribution in [0.3, 0.4) is 0 Å². The molecule has 31 heteroatoms. The van der Waals surface area contributed by atoms with Gasteiger partial charge in [-0.1, -0.05) is 228 Å². The van der Waals surface area contributed by atoms with E-state index < -0.39 is 24.1 Å². The van der Waals surface area contributed by atoms with Gasteiger partial charge >= 0.3 is 30.1 Å². The van der Waals surface area contributed by atoms with Crippen LogP contribution in [-0.4, -0.2) is 265 Å². The number of pyridine rings is 2. The summed E-state index contributed by atoms with van der Waals surface area (Å²) in [6.07, 6.45) is 41.6. The van der Waals surface area contributed by atoms with E-state index in [0.717, 1.165) is 187 Å². The third kappa shape index (κ3) is 35.4. The number of nitrogens with one attached hydrogen (secondary N) is 4. The Bertz CT molecular complexity index is 5290. The SMILES string of the molecule is CCCCCCCCCCCCCCCC(=O)OCCl.CCCCCCCCCCCCCCCC(=O)OCn1cc2cc(C[C@@H](NC(=O)N3CCC(c4cc5ccccc5[nH]c4=O)CC3)C(=O)N3CCN(C4CCN(C)CC4)CC3)cc(C)c2n1.Cc1cc(C[C@@H](CC(=O)N2CCC(c3cc4ccccc4[nH]c3=O)CC2)C(=O)N2CCN(C3CCN(C)CC3)CC2)cc2cn[nH]c12.O=C(O)C(F)(F)F. The summed E-state index contributed by atoms with van der Waals surface area (Å²) in [6.45, 7) is 21.4. The molecule has 6 saturated heterocycles. The highest BCUT2D eigenvalue weighted by Gasteiger charge is 2.40. The summed E-state index contributed by atoms with van der Waals surface area (Å²) in [6, 6.07) is 28.1. The number of para-hydroxylation sites is 2. The van der Waals surface area contributed by atoms with Crippen LogP contribution in [0.5, 0.6) is 0 Å². The number of H-pyrrole nitrogens is 3. The van der Waals surface area contributed by atoms with Gasteiger partial charge in [0.25, 0.3) is 11.1 Å². The van der Waals surface area contributed by atoms with E-state index in [1.54, 1.807) is 9.58 Å². The van der Waals surface area contributed by atoms with Gasteiger partial charge in [-0.15, -0.1) is 0 Å². The van der Waals surface area contributed by atoms with Gasteiger partial charge in [0.2, 0.25) is 17.7 Å². The van der Waals surface area contributed by atoms with Gasteiger partial charge in [0.15, 0.2) is 12.8 Å². The lowest BCUT2D eigenvalue weighted by atomic mass is 9.88. The monoisotopic (exact) mass is 1960 g/mol. The number of nitrogens with zero attached hydrogens (tertiary/aromatic N) is 11. The molecule has 6 fully saturated rings. The minimum Gasteiger partial charge on any atom is -0.475 e. The number of urea groups is 1. The van der Waals surface area contributed by atoms with Gasteiger partial charge in [-0.25, -0.2) is 14.3 Å². The number of piperidine rings is 4. The second-order valence-corrected chi connectivity index (χ2v) is 40.3. The number of likely N-dealkylation sites (tertiary alicyclic amines) is 4. The normalized spacial score (nSPS) is 17.0. The number of halogens is 4. The molecule has 2 atom stereocenters. The molecule has 770 valence electrons. The molecule has 6 aliphatic rings. The lowest BCUT2D eigenvalue weighted by molar-refractivity contribution is -0.192. The fourth-order valence-electron chi connectivity index (χ4n) is 21.1. The fourth-order valence-corrected chi connectivity index (χ4v) is 21.2. The molecule has 5 amide bonds. The first kappa shape index (κ1) is 111. The van der Waals surface area contributed by atoms with E-state index in [-0.39, 0.29) is 77.9 Å². The highest BCUT2D eigenvalue weighted by Crippen LogP contribution is 2.34. The van der Waals surface area contributed by atoms with Crippen LogP contribution in [0.1, 0.15) is 297 Å². The van der Waals surface area contributed by atoms with E-state index in [1.165, 1.54) is 148 Å². The Kier molecular flexibility index (Phi) is 45.9. The Balaban J connectivity index is 0.000000218. The highest BCUT2D eigenvalue weighted by molar-refractivity contribution is 6.17. The van der Waals surface area contributed by atoms with Crippen LogP contribution in [-0.2, 0) is 57.8 Å². The van der Waals surface area contributed by atoms with Crippen LogP contribution in [0.15, 0.2) is 107 Å². The van der Waals surface area contributed by atoms with Crippen LogP contribution in [0.25, 0.3) is 43.6 Å². The van der Waals surface area contributed by atoms with Crippen LogP contribution in [0, 0.1) is 19.8 Å². The summed E-state index contributed by atoms with van der Waals surface area (Å²) in [7, 11) is 4.37. The number of alkyl halides is 4. The Hall–Kier alpha value is -9.75. The number of carboxylic acids is 1. The molecule has 8 aromatic rings. The number of unbranched alkanes of at least 4 members (excludes halogenated alkanes) is 24. The number of hydrogen-bond donors (Lipinski definition) is 5. The zero-order chi connectivity index (χ0) is 99.7. The van der Waals surface area contributed by atoms with Crippen molar-refractivity contribution in [3.63, 3.8) is 0 Å². The molecular weight excluding hydrogens is 1800 g/mol. The van der Waals surface area contributed by atoms with E-state index in [9.17, 15) is 51.5 Å². The number of aliphatic carboxylic acids is 1. The van der Waals surface area contributed by atoms with Crippen molar-refractivity contribution in [1.29, 1.82) is 0 Å². The maximum atomic E-state index is 14.5. The number of rotatable bonds is 44. The maximum Gasteiger partial charge on any atom is 0.490 e. The van der Waals surface area contributed by atoms with Crippen molar-refractivity contribution >= 4 is 96.9 Å². The number of aryl methyl sites for hydroxylation is 2. The predicted octanol–water partition coefficient (Wildman–Crippen LogP) is 19.7. The first-order valence-electron chi connectivity index (χ1n) is 52.8. The van der Waals surface area contributed by atoms with Gasteiger partial charge in [-0.2, -0.15) is 23.4 Å². The second-order valence-electron chi connectivity index (χ2n) is 40.1. The highest BCUT2D eigenvalue weighted by atomic mass is 35.5. The average Bonchev–Trinajstić information content (AvgIpc) is 1.23. The number of hydrogen-bond acceptors (Lipinski definition) is 17. The molecule has 0 saturated carbocycles. The number of carbonyl (C=O) groups excluding carboxylic acids is 6. The molecule has 0 radical (unpaired) electrons. The third-order valence-electron chi connectivity index (χ3n) is 29.5. The van der Waals surface area contributed by atoms with Crippen LogP contribution < -0.4 is 16.4 Å². The summed E-state index contributed by atoms with van der Waals surface area (Å²) in [5.74, 6) is -3.35. The average molecular weight is 1960 g/mol. The van der Waals surface area contributed by atoms with Crippen LogP contribution in [0.4, 0.5) is 18.0 Å². The summed E-state index contributed by atoms with van der Waals surface area (Å²) in [4.78, 5) is 139. The molecule has 10 heterocycles. The van der Waals surface area contributed by atoms with Crippen molar-refractivity contribution in [1.82, 2.24) is 74.5 Å². The molecule has 0 bridgehead atoms. The lowest BCUT2D eigenvalue weighted by Gasteiger charge is -2.43. The number of fused-ring (bicyclic) bond motifs is 4. The van der Waals surface area contributed by atoms with Gasteiger partial charge in [0.1, 0.15) is 6.04 Å². The minimum atomic E-state index is -5.08. The van der Waals surface area contributed by atoms with E-state index >= 15 is 0 Å². The lowest BCUT2D eigenvalue weighted by Crippen LogP contribution is -2.59. The number of aromatic nitrogens is 6. The van der Waals surface area contributed by atoms with Gasteiger partial charge < -0.3 is 59.3 Å². The largest absolute Gasteiger partial charge is 0.490 e. The van der Waals surface area contributed by atoms with Crippen molar-refractivity contribution in [2.45, 2.75) is 321 Å². The van der Waals surface area contributed by atoms with Gasteiger partial charge in [0, 0.05) is 155 Å². The van der Waals surface area contributed by atoms with Crippen molar-refractivity contribution in [2.75, 3.05) is 125 Å². The minimum absolute atomic E-state index is 0.0166. The fraction of sp³-hybridized carbons (Fsp3) is 0.642. The number of amides is 5. The maximum absolute atomic E-state index is 14.5. The summed E-state index contributed by atoms with van der Waals surface area (Å²) in [5.41, 5.74) is 8.96. The molecule has 6 aliphatic heterocycles. The molecular formula is C109H159ClF3N15O12. The van der Waals surface area contributed by atoms with E-state index in [0.29, 0.717) is 103 Å². The quantitative estimate of drug-likeness (QED) is 0.0135. The number of esters is 2. The standard InChI is InChI=1S/C53H78N8O5.C37H47N7O3.C17H33ClO2.C2HF3O2/c1-4-5-6-7-8-9-10-11-12-13-14-15-16-21-49(62)66-39-61-38-44-35-41(34-40(2)50(44)56-61)36-48(52(64)59-32-30-58(31-33-59)45-24-26-57(3)27-25-45)55-53(65)60-28-22-42(23-29-60)46-37-43-19-17-18-20-47(43)54-51(46)63;1-25-19-26(21-30-24-38-40-35(25)30)20-29(37(47)44-17-15-42(16-18-44)31-9-11-41(2)12-10-31)23-34(45)43-13-7-27(8-14-43)32-22-28-5-3-4-6-33(28)39-36(32)46;1-2-3-4-5-6-7-8-9-10-11-12-13-14-15-17(19)20-16-18;3-2(4,5)1(6)7/h17-20,34-35,37-38,42,45,48H,4-16,21-33,36,39H2,1-3H3,(H,54,63)(H,55,65);3-6,19,21-22,24,27,29,31H,7-18,20,23H2,1-2H3,(H,38,40)(H,39,46);2-16H2,1H3;(H,6,7)/t48-;29-;;/m10../s1. The van der Waals surface area contributed by atoms with Crippen LogP contribution >= 0.6 is 11.6 Å². The third-order valence-corrected chi connectivity index (χ3v) is 29.6. The number of aromatic amines is 3. The summed E-state index contributed by atoms with van der Waals surface area (Å²) >= 11 is 5.31.